The van der Waals surface area contributed by atoms with Crippen molar-refractivity contribution in [1.29, 1.82) is 0 Å². The molecule has 0 aliphatic carbocycles. The number of rotatable bonds is 3. The number of carbonyl (C=O) groups is 1. The Morgan fingerprint density at radius 1 is 1.27 bits per heavy atom. The summed E-state index contributed by atoms with van der Waals surface area (Å²) in [6, 6.07) is 4.28. The van der Waals surface area contributed by atoms with E-state index in [1.807, 2.05) is 5.38 Å². The summed E-state index contributed by atoms with van der Waals surface area (Å²) >= 11 is 1.48. The van der Waals surface area contributed by atoms with Gasteiger partial charge in [0.25, 0.3) is 0 Å². The van der Waals surface area contributed by atoms with Gasteiger partial charge in [-0.25, -0.2) is 4.98 Å². The van der Waals surface area contributed by atoms with Gasteiger partial charge in [-0.15, -0.1) is 11.3 Å². The minimum Gasteiger partial charge on any atom is -0.306 e. The third-order valence-corrected chi connectivity index (χ3v) is 4.99. The maximum absolute atomic E-state index is 12.1. The molecule has 1 amide bonds. The molecule has 0 radical (unpaired) electrons. The van der Waals surface area contributed by atoms with E-state index in [1.54, 1.807) is 0 Å². The van der Waals surface area contributed by atoms with E-state index in [0.29, 0.717) is 5.13 Å². The zero-order valence-corrected chi connectivity index (χ0v) is 14.0. The van der Waals surface area contributed by atoms with Gasteiger partial charge in [-0.1, -0.05) is 6.07 Å². The number of aromatic nitrogens is 1. The van der Waals surface area contributed by atoms with E-state index in [9.17, 15) is 4.79 Å². The van der Waals surface area contributed by atoms with E-state index < -0.39 is 0 Å². The first-order valence-electron chi connectivity index (χ1n) is 7.62. The van der Waals surface area contributed by atoms with Crippen molar-refractivity contribution in [2.45, 2.75) is 39.7 Å². The molecule has 22 heavy (non-hydrogen) atoms. The number of hydrogen-bond acceptors (Lipinski definition) is 4. The minimum absolute atomic E-state index is 0.0233. The van der Waals surface area contributed by atoms with Crippen LogP contribution in [0.4, 0.5) is 5.13 Å². The predicted octanol–water partition coefficient (Wildman–Crippen LogP) is 3.43. The molecule has 4 nitrogen and oxygen atoms in total. The van der Waals surface area contributed by atoms with Crippen LogP contribution in [0.5, 0.6) is 0 Å². The van der Waals surface area contributed by atoms with Crippen LogP contribution in [-0.2, 0) is 4.79 Å². The fraction of sp³-hybridized carbons (Fsp3) is 0.412. The van der Waals surface area contributed by atoms with Crippen LogP contribution in [0, 0.1) is 20.8 Å². The number of thiazole rings is 1. The Bertz CT molecular complexity index is 702. The van der Waals surface area contributed by atoms with Gasteiger partial charge in [0.15, 0.2) is 5.13 Å². The molecule has 5 heteroatoms. The number of nitrogens with one attached hydrogen (secondary N) is 2. The van der Waals surface area contributed by atoms with Crippen molar-refractivity contribution in [3.63, 3.8) is 0 Å². The van der Waals surface area contributed by atoms with Crippen molar-refractivity contribution < 1.29 is 4.79 Å². The second-order valence-corrected chi connectivity index (χ2v) is 6.79. The molecule has 3 rings (SSSR count). The summed E-state index contributed by atoms with van der Waals surface area (Å²) < 4.78 is 0. The normalized spacial score (nSPS) is 17.7. The number of aryl methyl sites for hydroxylation is 3. The lowest BCUT2D eigenvalue weighted by molar-refractivity contribution is -0.117. The number of amides is 1. The third kappa shape index (κ3) is 3.05. The molecule has 2 heterocycles. The van der Waals surface area contributed by atoms with Gasteiger partial charge < -0.3 is 10.6 Å². The van der Waals surface area contributed by atoms with E-state index in [-0.39, 0.29) is 11.9 Å². The van der Waals surface area contributed by atoms with Crippen LogP contribution in [0.25, 0.3) is 11.3 Å². The molecule has 116 valence electrons. The van der Waals surface area contributed by atoms with Crippen LogP contribution in [0.2, 0.25) is 0 Å². The highest BCUT2D eigenvalue weighted by Crippen LogP contribution is 2.29. The summed E-state index contributed by atoms with van der Waals surface area (Å²) in [7, 11) is 0. The van der Waals surface area contributed by atoms with Crippen molar-refractivity contribution in [3.8, 4) is 11.3 Å². The summed E-state index contributed by atoms with van der Waals surface area (Å²) in [6.45, 7) is 7.25. The lowest BCUT2D eigenvalue weighted by Crippen LogP contribution is -2.35. The van der Waals surface area contributed by atoms with E-state index in [1.165, 1.54) is 28.0 Å². The van der Waals surface area contributed by atoms with Crippen molar-refractivity contribution in [1.82, 2.24) is 10.3 Å². The highest BCUT2D eigenvalue weighted by molar-refractivity contribution is 7.14. The summed E-state index contributed by atoms with van der Waals surface area (Å²) in [5, 5.41) is 8.81. The molecule has 1 aliphatic rings. The molecule has 0 bridgehead atoms. The standard InChI is InChI=1S/C17H21N3OS/c1-10-7-12(3)13(8-11(10)2)15-9-22-17(19-15)20-16(21)14-5-4-6-18-14/h7-9,14,18H,4-6H2,1-3H3,(H,19,20,21). The summed E-state index contributed by atoms with van der Waals surface area (Å²) in [4.78, 5) is 16.7. The number of anilines is 1. The molecule has 1 fully saturated rings. The predicted molar refractivity (Wildman–Crippen MR) is 91.4 cm³/mol. The average Bonchev–Trinajstić information content (AvgIpc) is 3.14. The molecule has 1 unspecified atom stereocenters. The fourth-order valence-corrected chi connectivity index (χ4v) is 3.51. The van der Waals surface area contributed by atoms with Crippen molar-refractivity contribution in [3.05, 3.63) is 34.2 Å². The van der Waals surface area contributed by atoms with Gasteiger partial charge in [0.1, 0.15) is 0 Å². The van der Waals surface area contributed by atoms with Gasteiger partial charge in [-0.3, -0.25) is 4.79 Å². The average molecular weight is 315 g/mol. The van der Waals surface area contributed by atoms with Crippen LogP contribution in [0.3, 0.4) is 0 Å². The van der Waals surface area contributed by atoms with Gasteiger partial charge in [0.2, 0.25) is 5.91 Å². The van der Waals surface area contributed by atoms with Gasteiger partial charge in [-0.2, -0.15) is 0 Å². The van der Waals surface area contributed by atoms with Crippen molar-refractivity contribution in [2.24, 2.45) is 0 Å². The van der Waals surface area contributed by atoms with Crippen LogP contribution in [-0.4, -0.2) is 23.5 Å². The Kier molecular flexibility index (Phi) is 4.27. The highest BCUT2D eigenvalue weighted by atomic mass is 32.1. The Morgan fingerprint density at radius 3 is 2.77 bits per heavy atom. The van der Waals surface area contributed by atoms with Crippen LogP contribution in [0.1, 0.15) is 29.5 Å². The smallest absolute Gasteiger partial charge is 0.243 e. The van der Waals surface area contributed by atoms with E-state index in [4.69, 9.17) is 0 Å². The SMILES string of the molecule is Cc1cc(C)c(-c2csc(NC(=O)C3CCCN3)n2)cc1C. The number of carbonyl (C=O) groups excluding carboxylic acids is 1. The molecule has 1 aliphatic heterocycles. The molecule has 1 atom stereocenters. The lowest BCUT2D eigenvalue weighted by Gasteiger charge is -2.09. The summed E-state index contributed by atoms with van der Waals surface area (Å²) in [5.41, 5.74) is 5.83. The molecule has 1 aromatic heterocycles. The second kappa shape index (κ2) is 6.18. The molecule has 1 aromatic carbocycles. The molecule has 2 aromatic rings. The first-order chi connectivity index (χ1) is 10.5. The lowest BCUT2D eigenvalue weighted by atomic mass is 9.99. The highest BCUT2D eigenvalue weighted by Gasteiger charge is 2.22. The third-order valence-electron chi connectivity index (χ3n) is 4.23. The van der Waals surface area contributed by atoms with Gasteiger partial charge in [0.05, 0.1) is 11.7 Å². The maximum atomic E-state index is 12.1. The Balaban J connectivity index is 1.79. The first kappa shape index (κ1) is 15.2. The number of nitrogens with zero attached hydrogens (tertiary/aromatic N) is 1. The topological polar surface area (TPSA) is 54.0 Å². The van der Waals surface area contributed by atoms with E-state index in [0.717, 1.165) is 30.6 Å². The largest absolute Gasteiger partial charge is 0.306 e. The molecule has 0 spiro atoms. The molecular formula is C17H21N3OS. The molecular weight excluding hydrogens is 294 g/mol. The zero-order chi connectivity index (χ0) is 15.7. The monoisotopic (exact) mass is 315 g/mol. The van der Waals surface area contributed by atoms with Crippen LogP contribution < -0.4 is 10.6 Å². The Labute approximate surface area is 135 Å². The zero-order valence-electron chi connectivity index (χ0n) is 13.2. The second-order valence-electron chi connectivity index (χ2n) is 5.93. The molecule has 1 saturated heterocycles. The van der Waals surface area contributed by atoms with Gasteiger partial charge >= 0.3 is 0 Å². The Hall–Kier alpha value is -1.72. The molecule has 0 saturated carbocycles. The van der Waals surface area contributed by atoms with Crippen molar-refractivity contribution >= 4 is 22.4 Å². The summed E-state index contributed by atoms with van der Waals surface area (Å²) in [5.74, 6) is 0.0233. The number of hydrogen-bond donors (Lipinski definition) is 2. The summed E-state index contributed by atoms with van der Waals surface area (Å²) in [6.07, 6.45) is 1.96. The number of benzene rings is 1. The maximum Gasteiger partial charge on any atom is 0.243 e. The van der Waals surface area contributed by atoms with E-state index in [2.05, 4.69) is 48.5 Å². The van der Waals surface area contributed by atoms with Crippen LogP contribution in [0.15, 0.2) is 17.5 Å². The van der Waals surface area contributed by atoms with Crippen molar-refractivity contribution in [2.75, 3.05) is 11.9 Å². The van der Waals surface area contributed by atoms with Crippen LogP contribution >= 0.6 is 11.3 Å². The van der Waals surface area contributed by atoms with Gasteiger partial charge in [0, 0.05) is 10.9 Å². The molecule has 2 N–H and O–H groups in total. The Morgan fingerprint density at radius 2 is 2.05 bits per heavy atom. The minimum atomic E-state index is -0.0734. The first-order valence-corrected chi connectivity index (χ1v) is 8.50. The fourth-order valence-electron chi connectivity index (χ4n) is 2.79. The van der Waals surface area contributed by atoms with E-state index >= 15 is 0 Å². The quantitative estimate of drug-likeness (QED) is 0.912. The van der Waals surface area contributed by atoms with Gasteiger partial charge in [-0.05, 0) is 62.9 Å².